The molecule has 0 bridgehead atoms. The monoisotopic (exact) mass is 429 g/mol. The molecule has 2 aromatic carbocycles. The quantitative estimate of drug-likeness (QED) is 0.752. The number of halogens is 1. The SMILES string of the molecule is C[S+]([O-])c1ccc2c(c1)[C@@H](Oc1ccc(C#N)cc1Cl)[C@H](N1CCC[C@@H](N)C1)C2. The average molecular weight is 430 g/mol. The molecule has 0 amide bonds. The Morgan fingerprint density at radius 1 is 1.31 bits per heavy atom. The van der Waals surface area contributed by atoms with Crippen LogP contribution in [0.1, 0.15) is 35.6 Å². The van der Waals surface area contributed by atoms with Crippen LogP contribution in [0.2, 0.25) is 5.02 Å². The van der Waals surface area contributed by atoms with Crippen LogP contribution in [0.3, 0.4) is 0 Å². The Morgan fingerprint density at radius 2 is 2.14 bits per heavy atom. The Bertz CT molecular complexity index is 946. The first-order chi connectivity index (χ1) is 14.0. The molecule has 1 fully saturated rings. The van der Waals surface area contributed by atoms with E-state index in [1.165, 1.54) is 5.56 Å². The lowest BCUT2D eigenvalue weighted by Gasteiger charge is -2.38. The maximum atomic E-state index is 12.1. The molecule has 0 aromatic heterocycles. The van der Waals surface area contributed by atoms with E-state index < -0.39 is 11.2 Å². The second-order valence-electron chi connectivity index (χ2n) is 7.78. The van der Waals surface area contributed by atoms with Crippen LogP contribution in [0, 0.1) is 11.3 Å². The summed E-state index contributed by atoms with van der Waals surface area (Å²) in [4.78, 5) is 3.21. The molecule has 7 heteroatoms. The summed E-state index contributed by atoms with van der Waals surface area (Å²) in [5.74, 6) is 0.554. The number of piperidine rings is 1. The van der Waals surface area contributed by atoms with Gasteiger partial charge in [0, 0.05) is 24.2 Å². The fraction of sp³-hybridized carbons (Fsp3) is 0.409. The largest absolute Gasteiger partial charge is 0.612 e. The molecule has 4 rings (SSSR count). The van der Waals surface area contributed by atoms with E-state index in [2.05, 4.69) is 17.0 Å². The van der Waals surface area contributed by atoms with Gasteiger partial charge in [-0.05, 0) is 66.8 Å². The fourth-order valence-electron chi connectivity index (χ4n) is 4.35. The summed E-state index contributed by atoms with van der Waals surface area (Å²) in [6, 6.07) is 13.5. The van der Waals surface area contributed by atoms with Crippen molar-refractivity contribution in [3.8, 4) is 11.8 Å². The molecule has 4 atom stereocenters. The maximum absolute atomic E-state index is 12.1. The lowest BCUT2D eigenvalue weighted by atomic mass is 10.0. The number of nitriles is 1. The molecule has 1 saturated heterocycles. The van der Waals surface area contributed by atoms with Gasteiger partial charge >= 0.3 is 0 Å². The van der Waals surface area contributed by atoms with Crippen molar-refractivity contribution < 1.29 is 9.29 Å². The Kier molecular flexibility index (Phi) is 6.05. The Labute approximate surface area is 179 Å². The van der Waals surface area contributed by atoms with Gasteiger partial charge in [-0.1, -0.05) is 17.7 Å². The van der Waals surface area contributed by atoms with E-state index >= 15 is 0 Å². The van der Waals surface area contributed by atoms with Crippen LogP contribution in [0.5, 0.6) is 5.75 Å². The molecule has 2 aliphatic rings. The molecule has 1 aliphatic carbocycles. The van der Waals surface area contributed by atoms with E-state index in [0.717, 1.165) is 42.8 Å². The molecule has 0 spiro atoms. The molecule has 2 aromatic rings. The Morgan fingerprint density at radius 3 is 2.83 bits per heavy atom. The van der Waals surface area contributed by atoms with Crippen LogP contribution in [0.15, 0.2) is 41.3 Å². The third-order valence-corrected chi connectivity index (χ3v) is 7.02. The van der Waals surface area contributed by atoms with Crippen molar-refractivity contribution >= 4 is 22.8 Å². The molecule has 29 heavy (non-hydrogen) atoms. The zero-order valence-corrected chi connectivity index (χ0v) is 17.9. The molecule has 1 heterocycles. The molecule has 2 N–H and O–H groups in total. The van der Waals surface area contributed by atoms with Gasteiger partial charge in [0.25, 0.3) is 0 Å². The van der Waals surface area contributed by atoms with Gasteiger partial charge in [-0.2, -0.15) is 5.26 Å². The number of nitrogens with two attached hydrogens (primary N) is 1. The van der Waals surface area contributed by atoms with Crippen LogP contribution in [-0.2, 0) is 17.6 Å². The van der Waals surface area contributed by atoms with Crippen molar-refractivity contribution in [2.24, 2.45) is 5.73 Å². The predicted octanol–water partition coefficient (Wildman–Crippen LogP) is 3.42. The lowest BCUT2D eigenvalue weighted by molar-refractivity contribution is 0.0593. The van der Waals surface area contributed by atoms with Gasteiger partial charge in [-0.3, -0.25) is 4.90 Å². The highest BCUT2D eigenvalue weighted by Gasteiger charge is 2.40. The van der Waals surface area contributed by atoms with Gasteiger partial charge in [0.2, 0.25) is 0 Å². The summed E-state index contributed by atoms with van der Waals surface area (Å²) >= 11 is 5.33. The highest BCUT2D eigenvalue weighted by molar-refractivity contribution is 7.90. The zero-order chi connectivity index (χ0) is 20.5. The number of hydrogen-bond donors (Lipinski definition) is 1. The van der Waals surface area contributed by atoms with E-state index in [0.29, 0.717) is 16.3 Å². The first-order valence-electron chi connectivity index (χ1n) is 9.78. The van der Waals surface area contributed by atoms with Gasteiger partial charge in [0.1, 0.15) is 18.1 Å². The molecular formula is C22H24ClN3O2S. The van der Waals surface area contributed by atoms with Crippen LogP contribution in [0.4, 0.5) is 0 Å². The average Bonchev–Trinajstić information content (AvgIpc) is 3.07. The van der Waals surface area contributed by atoms with E-state index in [4.69, 9.17) is 27.3 Å². The molecule has 1 aliphatic heterocycles. The van der Waals surface area contributed by atoms with Crippen molar-refractivity contribution in [3.05, 3.63) is 58.1 Å². The van der Waals surface area contributed by atoms with Crippen molar-refractivity contribution in [3.63, 3.8) is 0 Å². The highest BCUT2D eigenvalue weighted by Crippen LogP contribution is 2.41. The van der Waals surface area contributed by atoms with E-state index in [1.807, 2.05) is 12.1 Å². The smallest absolute Gasteiger partial charge is 0.152 e. The van der Waals surface area contributed by atoms with Crippen LogP contribution < -0.4 is 10.5 Å². The van der Waals surface area contributed by atoms with Crippen molar-refractivity contribution in [2.75, 3.05) is 19.3 Å². The molecule has 1 unspecified atom stereocenters. The second-order valence-corrected chi connectivity index (χ2v) is 9.57. The first kappa shape index (κ1) is 20.5. The zero-order valence-electron chi connectivity index (χ0n) is 16.3. The fourth-order valence-corrected chi connectivity index (χ4v) is 5.13. The molecule has 5 nitrogen and oxygen atoms in total. The van der Waals surface area contributed by atoms with Crippen LogP contribution in [-0.4, -0.2) is 40.9 Å². The van der Waals surface area contributed by atoms with Crippen LogP contribution in [0.25, 0.3) is 0 Å². The van der Waals surface area contributed by atoms with Crippen LogP contribution >= 0.6 is 11.6 Å². The third kappa shape index (κ3) is 4.25. The standard InChI is InChI=1S/C22H24ClN3O2S/c1-29(27)17-6-5-15-10-20(26-8-2-3-16(25)13-26)22(18(15)11-17)28-21-7-4-14(12-24)9-19(21)23/h4-7,9,11,16,20,22H,2-3,8,10,13,25H2,1H3/t16-,20-,22-,29?/m1/s1. The van der Waals surface area contributed by atoms with Crippen molar-refractivity contribution in [1.29, 1.82) is 5.26 Å². The van der Waals surface area contributed by atoms with E-state index in [-0.39, 0.29) is 18.2 Å². The van der Waals surface area contributed by atoms with Gasteiger partial charge < -0.3 is 15.0 Å². The van der Waals surface area contributed by atoms with Crippen molar-refractivity contribution in [2.45, 2.75) is 42.3 Å². The minimum absolute atomic E-state index is 0.142. The van der Waals surface area contributed by atoms with Gasteiger partial charge in [0.05, 0.1) is 22.7 Å². The number of hydrogen-bond acceptors (Lipinski definition) is 5. The van der Waals surface area contributed by atoms with Gasteiger partial charge in [-0.15, -0.1) is 0 Å². The first-order valence-corrected chi connectivity index (χ1v) is 11.7. The van der Waals surface area contributed by atoms with Gasteiger partial charge in [0.15, 0.2) is 4.90 Å². The summed E-state index contributed by atoms with van der Waals surface area (Å²) in [5, 5.41) is 9.51. The summed E-state index contributed by atoms with van der Waals surface area (Å²) in [6.45, 7) is 1.83. The number of rotatable bonds is 4. The van der Waals surface area contributed by atoms with Gasteiger partial charge in [-0.25, -0.2) is 0 Å². The summed E-state index contributed by atoms with van der Waals surface area (Å²) < 4.78 is 18.5. The maximum Gasteiger partial charge on any atom is 0.152 e. The summed E-state index contributed by atoms with van der Waals surface area (Å²) in [7, 11) is 0. The predicted molar refractivity (Wildman–Crippen MR) is 115 cm³/mol. The lowest BCUT2D eigenvalue weighted by Crippen LogP contribution is -2.49. The highest BCUT2D eigenvalue weighted by atomic mass is 35.5. The van der Waals surface area contributed by atoms with E-state index in [9.17, 15) is 4.55 Å². The normalized spacial score (nSPS) is 25.3. The third-order valence-electron chi connectivity index (χ3n) is 5.81. The topological polar surface area (TPSA) is 85.3 Å². The number of nitrogens with zero attached hydrogens (tertiary/aromatic N) is 2. The molecular weight excluding hydrogens is 406 g/mol. The Balaban J connectivity index is 1.69. The minimum Gasteiger partial charge on any atom is -0.612 e. The van der Waals surface area contributed by atoms with E-state index in [1.54, 1.807) is 24.5 Å². The number of ether oxygens (including phenoxy) is 1. The Hall–Kier alpha value is -1.75. The summed E-state index contributed by atoms with van der Waals surface area (Å²) in [5.41, 5.74) is 9.00. The van der Waals surface area contributed by atoms with Crippen molar-refractivity contribution in [1.82, 2.24) is 4.90 Å². The minimum atomic E-state index is -1.06. The molecule has 0 saturated carbocycles. The number of fused-ring (bicyclic) bond motifs is 1. The summed E-state index contributed by atoms with van der Waals surface area (Å²) in [6.07, 6.45) is 4.43. The number of benzene rings is 2. The molecule has 0 radical (unpaired) electrons. The molecule has 152 valence electrons. The second kappa shape index (κ2) is 8.55. The number of likely N-dealkylation sites (tertiary alicyclic amines) is 1.